The highest BCUT2D eigenvalue weighted by Gasteiger charge is 2.13. The summed E-state index contributed by atoms with van der Waals surface area (Å²) >= 11 is 0. The average molecular weight is 221 g/mol. The molecule has 1 aromatic carbocycles. The van der Waals surface area contributed by atoms with Gasteiger partial charge in [-0.2, -0.15) is 0 Å². The van der Waals surface area contributed by atoms with Crippen LogP contribution in [0.4, 0.5) is 0 Å². The predicted octanol–water partition coefficient (Wildman–Crippen LogP) is 0.389. The Morgan fingerprint density at radius 1 is 1.31 bits per heavy atom. The number of esters is 1. The molecule has 0 spiro atoms. The van der Waals surface area contributed by atoms with Crippen LogP contribution in [-0.2, 0) is 9.53 Å². The van der Waals surface area contributed by atoms with Crippen molar-refractivity contribution >= 4 is 11.9 Å². The number of rotatable bonds is 3. The van der Waals surface area contributed by atoms with E-state index in [1.807, 2.05) is 0 Å². The standard InChI is InChI=1S/C11H12N2O3/c1-16-11(15)9(7-12)13-10(14)8-5-3-2-4-6-8/h2-7H,12H2,1H3,(H,13,14)/b9-7+/i10+1. The van der Waals surface area contributed by atoms with Crippen LogP contribution in [0.2, 0.25) is 0 Å². The topological polar surface area (TPSA) is 81.4 Å². The van der Waals surface area contributed by atoms with E-state index in [-0.39, 0.29) is 5.70 Å². The number of amides is 1. The first-order chi connectivity index (χ1) is 7.69. The summed E-state index contributed by atoms with van der Waals surface area (Å²) < 4.78 is 4.44. The van der Waals surface area contributed by atoms with Gasteiger partial charge in [-0.1, -0.05) is 18.2 Å². The van der Waals surface area contributed by atoms with Gasteiger partial charge < -0.3 is 15.8 Å². The second kappa shape index (κ2) is 5.55. The Hall–Kier alpha value is -2.30. The highest BCUT2D eigenvalue weighted by molar-refractivity contribution is 6.00. The Morgan fingerprint density at radius 2 is 1.94 bits per heavy atom. The molecule has 0 aromatic heterocycles. The molecule has 0 saturated carbocycles. The van der Waals surface area contributed by atoms with Gasteiger partial charge in [0.2, 0.25) is 0 Å². The number of nitrogens with one attached hydrogen (secondary N) is 1. The van der Waals surface area contributed by atoms with E-state index in [2.05, 4.69) is 10.1 Å². The first kappa shape index (κ1) is 11.8. The number of benzene rings is 1. The number of nitrogens with two attached hydrogens (primary N) is 1. The minimum absolute atomic E-state index is 0.0867. The van der Waals surface area contributed by atoms with E-state index in [0.717, 1.165) is 6.20 Å². The van der Waals surface area contributed by atoms with Crippen molar-refractivity contribution in [1.82, 2.24) is 5.32 Å². The largest absolute Gasteiger partial charge is 0.464 e. The van der Waals surface area contributed by atoms with Crippen molar-refractivity contribution in [3.63, 3.8) is 0 Å². The van der Waals surface area contributed by atoms with Gasteiger partial charge in [-0.25, -0.2) is 4.79 Å². The molecular formula is C11H12N2O3. The summed E-state index contributed by atoms with van der Waals surface area (Å²) in [5.41, 5.74) is 5.55. The van der Waals surface area contributed by atoms with Gasteiger partial charge in [0.05, 0.1) is 7.11 Å². The molecule has 16 heavy (non-hydrogen) atoms. The molecule has 84 valence electrons. The van der Waals surface area contributed by atoms with Crippen LogP contribution in [-0.4, -0.2) is 19.0 Å². The number of methoxy groups -OCH3 is 1. The van der Waals surface area contributed by atoms with Crippen molar-refractivity contribution in [3.05, 3.63) is 47.8 Å². The smallest absolute Gasteiger partial charge is 0.356 e. The Labute approximate surface area is 92.9 Å². The fourth-order valence-corrected chi connectivity index (χ4v) is 1.05. The summed E-state index contributed by atoms with van der Waals surface area (Å²) in [5.74, 6) is -1.10. The molecule has 0 unspecified atom stereocenters. The van der Waals surface area contributed by atoms with Crippen molar-refractivity contribution in [2.24, 2.45) is 5.73 Å². The van der Waals surface area contributed by atoms with Crippen molar-refractivity contribution < 1.29 is 14.3 Å². The van der Waals surface area contributed by atoms with Crippen molar-refractivity contribution in [2.45, 2.75) is 0 Å². The molecule has 1 amide bonds. The van der Waals surface area contributed by atoms with Crippen LogP contribution < -0.4 is 11.1 Å². The van der Waals surface area contributed by atoms with E-state index >= 15 is 0 Å². The number of carbonyl (C=O) groups is 2. The number of carbonyl (C=O) groups excluding carboxylic acids is 2. The number of hydrogen-bond acceptors (Lipinski definition) is 4. The summed E-state index contributed by atoms with van der Waals surface area (Å²) in [6, 6.07) is 8.48. The first-order valence-electron chi connectivity index (χ1n) is 4.55. The zero-order valence-electron chi connectivity index (χ0n) is 8.77. The van der Waals surface area contributed by atoms with E-state index in [4.69, 9.17) is 5.73 Å². The van der Waals surface area contributed by atoms with Crippen LogP contribution in [0.1, 0.15) is 10.4 Å². The molecule has 0 radical (unpaired) electrons. The minimum Gasteiger partial charge on any atom is -0.464 e. The quantitative estimate of drug-likeness (QED) is 0.439. The fraction of sp³-hybridized carbons (Fsp3) is 0.0909. The van der Waals surface area contributed by atoms with Crippen LogP contribution in [0, 0.1) is 0 Å². The highest BCUT2D eigenvalue weighted by Crippen LogP contribution is 2.00. The van der Waals surface area contributed by atoms with Crippen LogP contribution >= 0.6 is 0 Å². The Bertz CT molecular complexity index is 412. The second-order valence-corrected chi connectivity index (χ2v) is 2.89. The van der Waals surface area contributed by atoms with Crippen LogP contribution in [0.3, 0.4) is 0 Å². The second-order valence-electron chi connectivity index (χ2n) is 2.89. The molecule has 0 bridgehead atoms. The molecule has 0 aliphatic carbocycles. The number of ether oxygens (including phenoxy) is 1. The van der Waals surface area contributed by atoms with Crippen molar-refractivity contribution in [3.8, 4) is 0 Å². The average Bonchev–Trinajstić information content (AvgIpc) is 2.35. The molecule has 0 saturated heterocycles. The van der Waals surface area contributed by atoms with Gasteiger partial charge >= 0.3 is 5.97 Å². The van der Waals surface area contributed by atoms with E-state index in [9.17, 15) is 9.59 Å². The molecule has 5 heteroatoms. The molecule has 0 atom stereocenters. The summed E-state index contributed by atoms with van der Waals surface area (Å²) in [6.45, 7) is 0. The molecule has 0 aliphatic heterocycles. The Kier molecular flexibility index (Phi) is 4.08. The first-order valence-corrected chi connectivity index (χ1v) is 4.55. The third-order valence-electron chi connectivity index (χ3n) is 1.86. The van der Waals surface area contributed by atoms with E-state index in [1.165, 1.54) is 7.11 Å². The van der Waals surface area contributed by atoms with Crippen LogP contribution in [0.25, 0.3) is 0 Å². The molecule has 0 aliphatic rings. The maximum Gasteiger partial charge on any atom is 0.356 e. The van der Waals surface area contributed by atoms with Crippen LogP contribution in [0.5, 0.6) is 0 Å². The maximum absolute atomic E-state index is 11.6. The van der Waals surface area contributed by atoms with Gasteiger partial charge in [-0.15, -0.1) is 0 Å². The SMILES string of the molecule is COC(=O)/C(=C\N)N[13C](=O)c1ccccc1. The lowest BCUT2D eigenvalue weighted by atomic mass is 10.3. The lowest BCUT2D eigenvalue weighted by molar-refractivity contribution is -0.136. The molecule has 3 N–H and O–H groups in total. The Balaban J connectivity index is 2.75. The summed E-state index contributed by atoms with van der Waals surface area (Å²) in [6.07, 6.45) is 0.993. The monoisotopic (exact) mass is 221 g/mol. The fourth-order valence-electron chi connectivity index (χ4n) is 1.05. The molecule has 1 aromatic rings. The van der Waals surface area contributed by atoms with Crippen LogP contribution in [0.15, 0.2) is 42.2 Å². The van der Waals surface area contributed by atoms with Gasteiger partial charge in [-0.05, 0) is 12.1 Å². The van der Waals surface area contributed by atoms with Crippen molar-refractivity contribution in [2.75, 3.05) is 7.11 Å². The zero-order valence-corrected chi connectivity index (χ0v) is 8.77. The van der Waals surface area contributed by atoms with Gasteiger partial charge in [0.25, 0.3) is 5.91 Å². The predicted molar refractivity (Wildman–Crippen MR) is 58.2 cm³/mol. The normalized spacial score (nSPS) is 10.7. The van der Waals surface area contributed by atoms with Gasteiger partial charge in [0.15, 0.2) is 0 Å². The summed E-state index contributed by atoms with van der Waals surface area (Å²) in [7, 11) is 1.21. The molecule has 0 fully saturated rings. The Morgan fingerprint density at radius 3 is 2.44 bits per heavy atom. The lowest BCUT2D eigenvalue weighted by Gasteiger charge is -2.06. The molecule has 1 rings (SSSR count). The maximum atomic E-state index is 11.6. The minimum atomic E-state index is -0.688. The molecule has 0 heterocycles. The van der Waals surface area contributed by atoms with Gasteiger partial charge in [-0.3, -0.25) is 4.79 Å². The molecular weight excluding hydrogens is 209 g/mol. The third-order valence-corrected chi connectivity index (χ3v) is 1.86. The van der Waals surface area contributed by atoms with Crippen molar-refractivity contribution in [1.29, 1.82) is 0 Å². The van der Waals surface area contributed by atoms with Gasteiger partial charge in [0, 0.05) is 11.8 Å². The van der Waals surface area contributed by atoms with E-state index in [0.29, 0.717) is 5.56 Å². The molecule has 5 nitrogen and oxygen atoms in total. The van der Waals surface area contributed by atoms with E-state index < -0.39 is 11.9 Å². The number of hydrogen-bond donors (Lipinski definition) is 2. The van der Waals surface area contributed by atoms with E-state index in [1.54, 1.807) is 30.3 Å². The highest BCUT2D eigenvalue weighted by atomic mass is 16.5. The van der Waals surface area contributed by atoms with Gasteiger partial charge in [0.1, 0.15) is 5.70 Å². The lowest BCUT2D eigenvalue weighted by Crippen LogP contribution is -2.28. The summed E-state index contributed by atoms with van der Waals surface area (Å²) in [4.78, 5) is 22.7. The summed E-state index contributed by atoms with van der Waals surface area (Å²) in [5, 5.41) is 2.36. The third kappa shape index (κ3) is 2.84. The zero-order chi connectivity index (χ0) is 12.0.